The lowest BCUT2D eigenvalue weighted by Crippen LogP contribution is -1.99. The highest BCUT2D eigenvalue weighted by Gasteiger charge is 2.01. The molecule has 0 saturated carbocycles. The van der Waals surface area contributed by atoms with Crippen LogP contribution in [0.3, 0.4) is 0 Å². The van der Waals surface area contributed by atoms with Gasteiger partial charge in [0.1, 0.15) is 0 Å². The van der Waals surface area contributed by atoms with Crippen molar-refractivity contribution in [3.63, 3.8) is 0 Å². The van der Waals surface area contributed by atoms with E-state index in [1.807, 2.05) is 42.5 Å². The smallest absolute Gasteiger partial charge is 0.0413 e. The molecule has 0 aliphatic rings. The molecule has 0 spiro atoms. The number of rotatable bonds is 3. The quantitative estimate of drug-likeness (QED) is 0.781. The minimum atomic E-state index is 0.762. The molecule has 17 heavy (non-hydrogen) atoms. The normalized spacial score (nSPS) is 9.94. The van der Waals surface area contributed by atoms with E-state index in [4.69, 9.17) is 5.73 Å². The molecule has 0 aliphatic heterocycles. The average molecular weight is 224 g/mol. The first kappa shape index (κ1) is 11.3. The van der Waals surface area contributed by atoms with Crippen LogP contribution in [0.25, 0.3) is 5.70 Å². The van der Waals surface area contributed by atoms with E-state index in [0.29, 0.717) is 0 Å². The summed E-state index contributed by atoms with van der Waals surface area (Å²) in [4.78, 5) is 0. The van der Waals surface area contributed by atoms with Gasteiger partial charge in [-0.05, 0) is 36.2 Å². The molecule has 2 aromatic rings. The highest BCUT2D eigenvalue weighted by Crippen LogP contribution is 2.20. The zero-order valence-corrected chi connectivity index (χ0v) is 9.90. The Bertz CT molecular complexity index is 527. The van der Waals surface area contributed by atoms with Gasteiger partial charge >= 0.3 is 0 Å². The average Bonchev–Trinajstić information content (AvgIpc) is 2.33. The van der Waals surface area contributed by atoms with Gasteiger partial charge in [-0.1, -0.05) is 36.9 Å². The monoisotopic (exact) mass is 224 g/mol. The van der Waals surface area contributed by atoms with Gasteiger partial charge in [-0.3, -0.25) is 0 Å². The van der Waals surface area contributed by atoms with Gasteiger partial charge < -0.3 is 11.1 Å². The number of nitrogen functional groups attached to an aromatic ring is 1. The molecule has 0 saturated heterocycles. The van der Waals surface area contributed by atoms with Crippen LogP contribution in [-0.2, 0) is 0 Å². The third-order valence-electron chi connectivity index (χ3n) is 2.69. The zero-order valence-electron chi connectivity index (χ0n) is 9.90. The van der Waals surface area contributed by atoms with E-state index in [9.17, 15) is 0 Å². The van der Waals surface area contributed by atoms with Crippen LogP contribution < -0.4 is 11.1 Å². The van der Waals surface area contributed by atoms with E-state index in [1.54, 1.807) is 0 Å². The van der Waals surface area contributed by atoms with Crippen LogP contribution in [0.2, 0.25) is 0 Å². The maximum absolute atomic E-state index is 5.65. The number of aryl methyl sites for hydroxylation is 1. The van der Waals surface area contributed by atoms with Gasteiger partial charge in [0.05, 0.1) is 0 Å². The fourth-order valence-corrected chi connectivity index (χ4v) is 1.63. The maximum Gasteiger partial charge on any atom is 0.0413 e. The summed E-state index contributed by atoms with van der Waals surface area (Å²) >= 11 is 0. The van der Waals surface area contributed by atoms with Crippen molar-refractivity contribution in [1.29, 1.82) is 0 Å². The van der Waals surface area contributed by atoms with Gasteiger partial charge in [0.25, 0.3) is 0 Å². The molecule has 0 aliphatic carbocycles. The molecule has 2 nitrogen and oxygen atoms in total. The fraction of sp³-hybridized carbons (Fsp3) is 0.0667. The highest BCUT2D eigenvalue weighted by molar-refractivity contribution is 5.76. The first-order chi connectivity index (χ1) is 8.16. The van der Waals surface area contributed by atoms with Crippen LogP contribution in [0.5, 0.6) is 0 Å². The highest BCUT2D eigenvalue weighted by atomic mass is 14.9. The van der Waals surface area contributed by atoms with Crippen LogP contribution in [0, 0.1) is 6.92 Å². The Balaban J connectivity index is 2.17. The SMILES string of the molecule is C=C(Nc1ccccc1C)c1ccc(N)cc1. The van der Waals surface area contributed by atoms with Crippen molar-refractivity contribution in [1.82, 2.24) is 0 Å². The fourth-order valence-electron chi connectivity index (χ4n) is 1.63. The third-order valence-corrected chi connectivity index (χ3v) is 2.69. The van der Waals surface area contributed by atoms with Crippen molar-refractivity contribution in [3.05, 3.63) is 66.2 Å². The molecule has 0 atom stereocenters. The molecule has 2 heteroatoms. The van der Waals surface area contributed by atoms with Crippen molar-refractivity contribution in [2.24, 2.45) is 0 Å². The van der Waals surface area contributed by atoms with Gasteiger partial charge in [-0.15, -0.1) is 0 Å². The second-order valence-corrected chi connectivity index (χ2v) is 4.04. The van der Waals surface area contributed by atoms with E-state index >= 15 is 0 Å². The van der Waals surface area contributed by atoms with Crippen LogP contribution in [-0.4, -0.2) is 0 Å². The Morgan fingerprint density at radius 3 is 2.35 bits per heavy atom. The molecular weight excluding hydrogens is 208 g/mol. The standard InChI is InChI=1S/C15H16N2/c1-11-5-3-4-6-15(11)17-12(2)13-7-9-14(16)10-8-13/h3-10,17H,2,16H2,1H3. The summed E-state index contributed by atoms with van der Waals surface area (Å²) < 4.78 is 0. The molecule has 0 amide bonds. The molecule has 0 fully saturated rings. The lowest BCUT2D eigenvalue weighted by Gasteiger charge is -2.12. The number of para-hydroxylation sites is 1. The van der Waals surface area contributed by atoms with Gasteiger partial charge in [0.2, 0.25) is 0 Å². The van der Waals surface area contributed by atoms with Crippen LogP contribution in [0.15, 0.2) is 55.1 Å². The molecule has 86 valence electrons. The van der Waals surface area contributed by atoms with E-state index < -0.39 is 0 Å². The summed E-state index contributed by atoms with van der Waals surface area (Å²) in [5.41, 5.74) is 10.6. The molecule has 0 bridgehead atoms. The summed E-state index contributed by atoms with van der Waals surface area (Å²) in [5, 5.41) is 3.31. The van der Waals surface area contributed by atoms with Crippen molar-refractivity contribution >= 4 is 17.1 Å². The zero-order chi connectivity index (χ0) is 12.3. The van der Waals surface area contributed by atoms with Gasteiger partial charge in [0, 0.05) is 17.1 Å². The third kappa shape index (κ3) is 2.67. The summed E-state index contributed by atoms with van der Waals surface area (Å²) in [6, 6.07) is 15.8. The van der Waals surface area contributed by atoms with Crippen molar-refractivity contribution in [3.8, 4) is 0 Å². The van der Waals surface area contributed by atoms with E-state index in [0.717, 1.165) is 22.6 Å². The lowest BCUT2D eigenvalue weighted by atomic mass is 10.1. The topological polar surface area (TPSA) is 38.0 Å². The van der Waals surface area contributed by atoms with E-state index in [1.165, 1.54) is 5.56 Å². The molecule has 0 unspecified atom stereocenters. The van der Waals surface area contributed by atoms with Crippen LogP contribution in [0.1, 0.15) is 11.1 Å². The second kappa shape index (κ2) is 4.74. The molecular formula is C15H16N2. The number of nitrogens with one attached hydrogen (secondary N) is 1. The predicted octanol–water partition coefficient (Wildman–Crippen LogP) is 3.66. The predicted molar refractivity (Wildman–Crippen MR) is 74.7 cm³/mol. The summed E-state index contributed by atoms with van der Waals surface area (Å²) in [7, 11) is 0. The maximum atomic E-state index is 5.65. The van der Waals surface area contributed by atoms with Crippen molar-refractivity contribution in [2.45, 2.75) is 6.92 Å². The molecule has 2 aromatic carbocycles. The largest absolute Gasteiger partial charge is 0.399 e. The lowest BCUT2D eigenvalue weighted by molar-refractivity contribution is 1.43. The van der Waals surface area contributed by atoms with Crippen LogP contribution in [0.4, 0.5) is 11.4 Å². The van der Waals surface area contributed by atoms with Gasteiger partial charge in [-0.25, -0.2) is 0 Å². The van der Waals surface area contributed by atoms with Crippen LogP contribution >= 0.6 is 0 Å². The molecule has 2 rings (SSSR count). The Hall–Kier alpha value is -2.22. The van der Waals surface area contributed by atoms with Crippen molar-refractivity contribution in [2.75, 3.05) is 11.1 Å². The summed E-state index contributed by atoms with van der Waals surface area (Å²) in [6.45, 7) is 6.11. The van der Waals surface area contributed by atoms with Crippen molar-refractivity contribution < 1.29 is 0 Å². The molecule has 0 aromatic heterocycles. The first-order valence-electron chi connectivity index (χ1n) is 5.54. The van der Waals surface area contributed by atoms with E-state index in [-0.39, 0.29) is 0 Å². The molecule has 3 N–H and O–H groups in total. The Morgan fingerprint density at radius 2 is 1.71 bits per heavy atom. The van der Waals surface area contributed by atoms with Gasteiger partial charge in [0.15, 0.2) is 0 Å². The Morgan fingerprint density at radius 1 is 1.06 bits per heavy atom. The number of hydrogen-bond acceptors (Lipinski definition) is 2. The summed E-state index contributed by atoms with van der Waals surface area (Å²) in [6.07, 6.45) is 0. The minimum absolute atomic E-state index is 0.762. The second-order valence-electron chi connectivity index (χ2n) is 4.04. The number of benzene rings is 2. The summed E-state index contributed by atoms with van der Waals surface area (Å²) in [5.74, 6) is 0. The Labute approximate surface area is 102 Å². The number of nitrogens with two attached hydrogens (primary N) is 1. The minimum Gasteiger partial charge on any atom is -0.399 e. The molecule has 0 heterocycles. The van der Waals surface area contributed by atoms with Gasteiger partial charge in [-0.2, -0.15) is 0 Å². The molecule has 0 radical (unpaired) electrons. The Kier molecular flexibility index (Phi) is 3.15. The first-order valence-corrected chi connectivity index (χ1v) is 5.54. The number of anilines is 2. The number of hydrogen-bond donors (Lipinski definition) is 2. The van der Waals surface area contributed by atoms with E-state index in [2.05, 4.69) is 24.9 Å².